The Morgan fingerprint density at radius 3 is 2.75 bits per heavy atom. The van der Waals surface area contributed by atoms with E-state index in [1.54, 1.807) is 34.9 Å². The summed E-state index contributed by atoms with van der Waals surface area (Å²) in [6.07, 6.45) is 6.67. The van der Waals surface area contributed by atoms with Gasteiger partial charge in [0.15, 0.2) is 5.78 Å². The summed E-state index contributed by atoms with van der Waals surface area (Å²) in [5.41, 5.74) is 1.61. The molecule has 0 aliphatic heterocycles. The Labute approximate surface area is 93.7 Å². The van der Waals surface area contributed by atoms with E-state index in [9.17, 15) is 4.79 Å². The van der Waals surface area contributed by atoms with E-state index >= 15 is 0 Å². The molecule has 0 spiro atoms. The minimum Gasteiger partial charge on any atom is -0.292 e. The van der Waals surface area contributed by atoms with Crippen molar-refractivity contribution in [1.82, 2.24) is 19.6 Å². The highest BCUT2D eigenvalue weighted by Gasteiger charge is 2.09. The van der Waals surface area contributed by atoms with Gasteiger partial charge < -0.3 is 0 Å². The van der Waals surface area contributed by atoms with Gasteiger partial charge in [0.25, 0.3) is 0 Å². The van der Waals surface area contributed by atoms with Crippen LogP contribution in [-0.4, -0.2) is 25.3 Å². The van der Waals surface area contributed by atoms with E-state index in [0.29, 0.717) is 18.5 Å². The summed E-state index contributed by atoms with van der Waals surface area (Å²) in [6.45, 7) is 0. The van der Waals surface area contributed by atoms with Crippen molar-refractivity contribution in [2.75, 3.05) is 0 Å². The number of nitrogens with zero attached hydrogens (tertiary/aromatic N) is 4. The van der Waals surface area contributed by atoms with Crippen LogP contribution in [-0.2, 0) is 20.5 Å². The first-order valence-corrected chi connectivity index (χ1v) is 5.15. The first-order chi connectivity index (χ1) is 7.65. The van der Waals surface area contributed by atoms with Crippen molar-refractivity contribution in [3.8, 4) is 0 Å². The van der Waals surface area contributed by atoms with Crippen molar-refractivity contribution in [2.45, 2.75) is 12.8 Å². The zero-order valence-electron chi connectivity index (χ0n) is 9.42. The van der Waals surface area contributed by atoms with Crippen molar-refractivity contribution in [2.24, 2.45) is 14.1 Å². The van der Waals surface area contributed by atoms with E-state index in [2.05, 4.69) is 10.2 Å². The van der Waals surface area contributed by atoms with Crippen molar-refractivity contribution >= 4 is 5.78 Å². The van der Waals surface area contributed by atoms with Crippen LogP contribution in [0.25, 0.3) is 0 Å². The monoisotopic (exact) mass is 218 g/mol. The van der Waals surface area contributed by atoms with Gasteiger partial charge in [0.2, 0.25) is 0 Å². The molecule has 0 aliphatic rings. The van der Waals surface area contributed by atoms with Crippen LogP contribution in [0.15, 0.2) is 24.7 Å². The molecule has 0 radical (unpaired) electrons. The predicted molar refractivity (Wildman–Crippen MR) is 59.1 cm³/mol. The Bertz CT molecular complexity index is 498. The highest BCUT2D eigenvalue weighted by atomic mass is 16.1. The normalized spacial score (nSPS) is 10.6. The van der Waals surface area contributed by atoms with Crippen molar-refractivity contribution < 1.29 is 4.79 Å². The topological polar surface area (TPSA) is 52.7 Å². The lowest BCUT2D eigenvalue weighted by Crippen LogP contribution is -2.03. The second-order valence-corrected chi connectivity index (χ2v) is 3.82. The molecule has 2 aromatic heterocycles. The predicted octanol–water partition coefficient (Wildman–Crippen LogP) is 0.969. The fourth-order valence-electron chi connectivity index (χ4n) is 1.55. The molecule has 0 atom stereocenters. The molecule has 0 saturated carbocycles. The van der Waals surface area contributed by atoms with Gasteiger partial charge in [-0.05, 0) is 18.1 Å². The van der Waals surface area contributed by atoms with Gasteiger partial charge in [0.05, 0.1) is 6.20 Å². The molecule has 0 amide bonds. The molecule has 2 aromatic rings. The largest absolute Gasteiger partial charge is 0.292 e. The molecule has 0 aliphatic carbocycles. The second kappa shape index (κ2) is 4.30. The summed E-state index contributed by atoms with van der Waals surface area (Å²) in [5, 5.41) is 8.13. The lowest BCUT2D eigenvalue weighted by atomic mass is 10.1. The first kappa shape index (κ1) is 10.6. The van der Waals surface area contributed by atoms with E-state index in [0.717, 1.165) is 5.56 Å². The standard InChI is InChI=1S/C11H14N4O/c1-14-6-5-10(13-14)11(16)4-3-9-7-12-15(2)8-9/h5-8H,3-4H2,1-2H3. The zero-order valence-corrected chi connectivity index (χ0v) is 9.42. The molecular formula is C11H14N4O. The molecule has 2 rings (SSSR count). The SMILES string of the molecule is Cn1cc(CCC(=O)c2ccn(C)n2)cn1. The molecule has 0 fully saturated rings. The van der Waals surface area contributed by atoms with Crippen LogP contribution in [0, 0.1) is 0 Å². The molecule has 2 heterocycles. The van der Waals surface area contributed by atoms with Gasteiger partial charge in [-0.3, -0.25) is 14.2 Å². The first-order valence-electron chi connectivity index (χ1n) is 5.15. The van der Waals surface area contributed by atoms with Gasteiger partial charge in [-0.25, -0.2) is 0 Å². The van der Waals surface area contributed by atoms with Crippen LogP contribution in [0.5, 0.6) is 0 Å². The minimum absolute atomic E-state index is 0.0736. The molecule has 16 heavy (non-hydrogen) atoms. The van der Waals surface area contributed by atoms with Gasteiger partial charge in [0, 0.05) is 32.9 Å². The molecular weight excluding hydrogens is 204 g/mol. The number of aromatic nitrogens is 4. The summed E-state index contributed by atoms with van der Waals surface area (Å²) in [4.78, 5) is 11.7. The van der Waals surface area contributed by atoms with Crippen LogP contribution in [0.2, 0.25) is 0 Å². The molecule has 0 N–H and O–H groups in total. The summed E-state index contributed by atoms with van der Waals surface area (Å²) < 4.78 is 3.37. The Morgan fingerprint density at radius 1 is 1.38 bits per heavy atom. The maximum absolute atomic E-state index is 11.7. The number of hydrogen-bond donors (Lipinski definition) is 0. The zero-order chi connectivity index (χ0) is 11.5. The number of aryl methyl sites for hydroxylation is 3. The van der Waals surface area contributed by atoms with Gasteiger partial charge in [-0.15, -0.1) is 0 Å². The van der Waals surface area contributed by atoms with Crippen LogP contribution >= 0.6 is 0 Å². The molecule has 5 nitrogen and oxygen atoms in total. The number of Topliss-reactive ketones (excluding diaryl/α,β-unsaturated/α-hetero) is 1. The average Bonchev–Trinajstić information content (AvgIpc) is 2.84. The quantitative estimate of drug-likeness (QED) is 0.718. The van der Waals surface area contributed by atoms with Crippen molar-refractivity contribution in [3.05, 3.63) is 35.9 Å². The molecule has 0 aromatic carbocycles. The average molecular weight is 218 g/mol. The van der Waals surface area contributed by atoms with Crippen LogP contribution in [0.3, 0.4) is 0 Å². The minimum atomic E-state index is 0.0736. The molecule has 0 unspecified atom stereocenters. The van der Waals surface area contributed by atoms with E-state index in [1.807, 2.05) is 13.2 Å². The molecule has 0 bridgehead atoms. The third kappa shape index (κ3) is 2.36. The number of rotatable bonds is 4. The molecule has 5 heteroatoms. The Kier molecular flexibility index (Phi) is 2.85. The highest BCUT2D eigenvalue weighted by molar-refractivity contribution is 5.94. The van der Waals surface area contributed by atoms with Gasteiger partial charge in [0.1, 0.15) is 5.69 Å². The van der Waals surface area contributed by atoms with Crippen molar-refractivity contribution in [3.63, 3.8) is 0 Å². The Hall–Kier alpha value is -1.91. The Balaban J connectivity index is 1.93. The van der Waals surface area contributed by atoms with E-state index in [-0.39, 0.29) is 5.78 Å². The maximum Gasteiger partial charge on any atom is 0.183 e. The van der Waals surface area contributed by atoms with E-state index in [4.69, 9.17) is 0 Å². The number of ketones is 1. The Morgan fingerprint density at radius 2 is 2.19 bits per heavy atom. The number of carbonyl (C=O) groups is 1. The third-order valence-corrected chi connectivity index (χ3v) is 2.40. The van der Waals surface area contributed by atoms with Gasteiger partial charge in [-0.2, -0.15) is 10.2 Å². The molecule has 84 valence electrons. The fraction of sp³-hybridized carbons (Fsp3) is 0.364. The van der Waals surface area contributed by atoms with Gasteiger partial charge >= 0.3 is 0 Å². The summed E-state index contributed by atoms with van der Waals surface area (Å²) in [5.74, 6) is 0.0736. The highest BCUT2D eigenvalue weighted by Crippen LogP contribution is 2.05. The van der Waals surface area contributed by atoms with E-state index in [1.165, 1.54) is 0 Å². The van der Waals surface area contributed by atoms with Crippen molar-refractivity contribution in [1.29, 1.82) is 0 Å². The number of carbonyl (C=O) groups excluding carboxylic acids is 1. The van der Waals surface area contributed by atoms with Crippen LogP contribution in [0.4, 0.5) is 0 Å². The lowest BCUT2D eigenvalue weighted by Gasteiger charge is -1.95. The summed E-state index contributed by atoms with van der Waals surface area (Å²) >= 11 is 0. The smallest absolute Gasteiger partial charge is 0.183 e. The third-order valence-electron chi connectivity index (χ3n) is 2.40. The van der Waals surface area contributed by atoms with Crippen LogP contribution < -0.4 is 0 Å². The van der Waals surface area contributed by atoms with E-state index < -0.39 is 0 Å². The number of hydrogen-bond acceptors (Lipinski definition) is 3. The summed E-state index contributed by atoms with van der Waals surface area (Å²) in [6, 6.07) is 1.74. The fourth-order valence-corrected chi connectivity index (χ4v) is 1.55. The summed E-state index contributed by atoms with van der Waals surface area (Å²) in [7, 11) is 3.67. The van der Waals surface area contributed by atoms with Gasteiger partial charge in [-0.1, -0.05) is 0 Å². The molecule has 0 saturated heterocycles. The maximum atomic E-state index is 11.7. The van der Waals surface area contributed by atoms with Crippen LogP contribution in [0.1, 0.15) is 22.5 Å². The second-order valence-electron chi connectivity index (χ2n) is 3.82. The lowest BCUT2D eigenvalue weighted by molar-refractivity contribution is 0.0977.